The fraction of sp³-hybridized carbons (Fsp3) is 0.111. The van der Waals surface area contributed by atoms with Crippen molar-refractivity contribution in [3.63, 3.8) is 0 Å². The van der Waals surface area contributed by atoms with Gasteiger partial charge in [0.1, 0.15) is 0 Å². The highest BCUT2D eigenvalue weighted by atomic mass is 16.1. The molecule has 2 nitrogen and oxygen atoms in total. The van der Waals surface area contributed by atoms with Crippen LogP contribution >= 0.6 is 0 Å². The number of carbonyl (C=O) groups excluding carboxylic acids is 1. The fourth-order valence-electron chi connectivity index (χ4n) is 2.43. The van der Waals surface area contributed by atoms with Gasteiger partial charge in [0.15, 0.2) is 5.78 Å². The maximum absolute atomic E-state index is 12.5. The van der Waals surface area contributed by atoms with Crippen molar-refractivity contribution < 1.29 is 4.79 Å². The molecule has 0 spiro atoms. The molecule has 2 aromatic carbocycles. The lowest BCUT2D eigenvalue weighted by atomic mass is 9.99. The summed E-state index contributed by atoms with van der Waals surface area (Å²) in [5.74, 6) is 0.111. The van der Waals surface area contributed by atoms with Crippen molar-refractivity contribution in [2.24, 2.45) is 0 Å². The number of hydrogen-bond donors (Lipinski definition) is 0. The summed E-state index contributed by atoms with van der Waals surface area (Å²) < 4.78 is 0. The summed E-state index contributed by atoms with van der Waals surface area (Å²) in [5.41, 5.74) is 3.70. The van der Waals surface area contributed by atoms with Crippen LogP contribution in [-0.2, 0) is 6.42 Å². The quantitative estimate of drug-likeness (QED) is 0.668. The molecule has 0 unspecified atom stereocenters. The molecule has 0 aliphatic rings. The van der Waals surface area contributed by atoms with E-state index in [0.29, 0.717) is 12.0 Å². The van der Waals surface area contributed by atoms with Gasteiger partial charge in [0.2, 0.25) is 0 Å². The highest BCUT2D eigenvalue weighted by molar-refractivity contribution is 6.07. The number of Topliss-reactive ketones (excluding diaryl/α,β-unsaturated/α-hetero) is 1. The Morgan fingerprint density at radius 3 is 2.70 bits per heavy atom. The first-order valence-electron chi connectivity index (χ1n) is 6.66. The molecule has 0 fully saturated rings. The number of benzene rings is 2. The van der Waals surface area contributed by atoms with Gasteiger partial charge in [-0.2, -0.15) is 0 Å². The van der Waals surface area contributed by atoms with Crippen LogP contribution in [0.3, 0.4) is 0 Å². The Hall–Kier alpha value is -2.48. The first-order valence-corrected chi connectivity index (χ1v) is 6.66. The largest absolute Gasteiger partial charge is 0.294 e. The third-order valence-corrected chi connectivity index (χ3v) is 3.38. The number of para-hydroxylation sites is 1. The molecule has 3 rings (SSSR count). The van der Waals surface area contributed by atoms with Crippen LogP contribution in [-0.4, -0.2) is 10.8 Å². The standard InChI is InChI=1S/C18H15NO/c1-13-5-2-6-14(11-13)12-17(20)16-9-3-7-15-8-4-10-19-18(15)16/h2-11H,12H2,1H3. The molecule has 20 heavy (non-hydrogen) atoms. The fourth-order valence-corrected chi connectivity index (χ4v) is 2.43. The minimum Gasteiger partial charge on any atom is -0.294 e. The van der Waals surface area contributed by atoms with Gasteiger partial charge >= 0.3 is 0 Å². The van der Waals surface area contributed by atoms with E-state index >= 15 is 0 Å². The van der Waals surface area contributed by atoms with Crippen molar-refractivity contribution in [1.29, 1.82) is 0 Å². The molecule has 1 aromatic heterocycles. The van der Waals surface area contributed by atoms with Gasteiger partial charge in [-0.25, -0.2) is 0 Å². The molecule has 0 saturated carbocycles. The van der Waals surface area contributed by atoms with Crippen molar-refractivity contribution >= 4 is 16.7 Å². The van der Waals surface area contributed by atoms with Crippen LogP contribution in [0.5, 0.6) is 0 Å². The summed E-state index contributed by atoms with van der Waals surface area (Å²) in [4.78, 5) is 16.8. The van der Waals surface area contributed by atoms with Gasteiger partial charge in [0.25, 0.3) is 0 Å². The van der Waals surface area contributed by atoms with Crippen molar-refractivity contribution in [1.82, 2.24) is 4.98 Å². The van der Waals surface area contributed by atoms with Crippen LogP contribution in [0.2, 0.25) is 0 Å². The molecule has 98 valence electrons. The monoisotopic (exact) mass is 261 g/mol. The summed E-state index contributed by atoms with van der Waals surface area (Å²) in [6, 6.07) is 17.7. The van der Waals surface area contributed by atoms with Crippen LogP contribution in [0.15, 0.2) is 60.8 Å². The Morgan fingerprint density at radius 1 is 1.05 bits per heavy atom. The van der Waals surface area contributed by atoms with E-state index in [1.165, 1.54) is 5.56 Å². The lowest BCUT2D eigenvalue weighted by Crippen LogP contribution is -2.05. The number of aryl methyl sites for hydroxylation is 1. The third kappa shape index (κ3) is 2.45. The first-order chi connectivity index (χ1) is 9.74. The van der Waals surface area contributed by atoms with Crippen molar-refractivity contribution in [2.75, 3.05) is 0 Å². The lowest BCUT2D eigenvalue weighted by molar-refractivity contribution is 0.0994. The van der Waals surface area contributed by atoms with E-state index in [2.05, 4.69) is 11.1 Å². The average molecular weight is 261 g/mol. The summed E-state index contributed by atoms with van der Waals surface area (Å²) in [7, 11) is 0. The van der Waals surface area contributed by atoms with Crippen LogP contribution in [0.25, 0.3) is 10.9 Å². The van der Waals surface area contributed by atoms with Gasteiger partial charge in [-0.15, -0.1) is 0 Å². The Labute approximate surface area is 118 Å². The van der Waals surface area contributed by atoms with Gasteiger partial charge in [-0.3, -0.25) is 9.78 Å². The summed E-state index contributed by atoms with van der Waals surface area (Å²) in [6.45, 7) is 2.04. The zero-order chi connectivity index (χ0) is 13.9. The number of rotatable bonds is 3. The van der Waals surface area contributed by atoms with Crippen LogP contribution in [0.4, 0.5) is 0 Å². The summed E-state index contributed by atoms with van der Waals surface area (Å²) in [6.07, 6.45) is 2.14. The zero-order valence-corrected chi connectivity index (χ0v) is 11.3. The van der Waals surface area contributed by atoms with E-state index < -0.39 is 0 Å². The Balaban J connectivity index is 1.97. The number of nitrogens with zero attached hydrogens (tertiary/aromatic N) is 1. The second-order valence-electron chi connectivity index (χ2n) is 4.97. The number of hydrogen-bond acceptors (Lipinski definition) is 2. The molecule has 0 aliphatic heterocycles. The molecule has 2 heteroatoms. The van der Waals surface area contributed by atoms with Gasteiger partial charge < -0.3 is 0 Å². The molecule has 0 saturated heterocycles. The van der Waals surface area contributed by atoms with Crippen LogP contribution in [0.1, 0.15) is 21.5 Å². The molecule has 0 aliphatic carbocycles. The van der Waals surface area contributed by atoms with E-state index in [1.807, 2.05) is 55.5 Å². The molecular weight excluding hydrogens is 246 g/mol. The molecular formula is C18H15NO. The number of aromatic nitrogens is 1. The zero-order valence-electron chi connectivity index (χ0n) is 11.3. The number of ketones is 1. The smallest absolute Gasteiger partial charge is 0.169 e. The Bertz CT molecular complexity index is 772. The molecule has 1 heterocycles. The van der Waals surface area contributed by atoms with E-state index in [0.717, 1.165) is 16.5 Å². The second kappa shape index (κ2) is 5.25. The lowest BCUT2D eigenvalue weighted by Gasteiger charge is -2.05. The molecule has 0 atom stereocenters. The first kappa shape index (κ1) is 12.5. The number of fused-ring (bicyclic) bond motifs is 1. The minimum atomic E-state index is 0.111. The summed E-state index contributed by atoms with van der Waals surface area (Å²) in [5, 5.41) is 1.00. The topological polar surface area (TPSA) is 30.0 Å². The third-order valence-electron chi connectivity index (χ3n) is 3.38. The molecule has 0 amide bonds. The van der Waals surface area contributed by atoms with Crippen LogP contribution in [0, 0.1) is 6.92 Å². The minimum absolute atomic E-state index is 0.111. The van der Waals surface area contributed by atoms with Gasteiger partial charge in [0.05, 0.1) is 5.52 Å². The van der Waals surface area contributed by atoms with Gasteiger partial charge in [-0.1, -0.05) is 48.0 Å². The van der Waals surface area contributed by atoms with Crippen LogP contribution < -0.4 is 0 Å². The van der Waals surface area contributed by atoms with Crippen molar-refractivity contribution in [2.45, 2.75) is 13.3 Å². The molecule has 0 bridgehead atoms. The van der Waals surface area contributed by atoms with E-state index in [9.17, 15) is 4.79 Å². The number of carbonyl (C=O) groups is 1. The average Bonchev–Trinajstić information content (AvgIpc) is 2.46. The van der Waals surface area contributed by atoms with Crippen molar-refractivity contribution in [3.8, 4) is 0 Å². The maximum Gasteiger partial charge on any atom is 0.169 e. The number of pyridine rings is 1. The summed E-state index contributed by atoms with van der Waals surface area (Å²) >= 11 is 0. The predicted molar refractivity (Wildman–Crippen MR) is 81.0 cm³/mol. The molecule has 0 N–H and O–H groups in total. The Morgan fingerprint density at radius 2 is 1.85 bits per heavy atom. The SMILES string of the molecule is Cc1cccc(CC(=O)c2cccc3cccnc23)c1. The predicted octanol–water partition coefficient (Wildman–Crippen LogP) is 3.97. The van der Waals surface area contributed by atoms with Gasteiger partial charge in [-0.05, 0) is 24.6 Å². The van der Waals surface area contributed by atoms with Crippen molar-refractivity contribution in [3.05, 3.63) is 77.5 Å². The van der Waals surface area contributed by atoms with Gasteiger partial charge in [0, 0.05) is 23.6 Å². The Kier molecular flexibility index (Phi) is 3.30. The second-order valence-corrected chi connectivity index (χ2v) is 4.97. The molecule has 3 aromatic rings. The highest BCUT2D eigenvalue weighted by Crippen LogP contribution is 2.18. The normalized spacial score (nSPS) is 10.7. The van der Waals surface area contributed by atoms with E-state index in [-0.39, 0.29) is 5.78 Å². The highest BCUT2D eigenvalue weighted by Gasteiger charge is 2.11. The van der Waals surface area contributed by atoms with E-state index in [1.54, 1.807) is 6.20 Å². The molecule has 0 radical (unpaired) electrons. The maximum atomic E-state index is 12.5. The van der Waals surface area contributed by atoms with E-state index in [4.69, 9.17) is 0 Å².